The van der Waals surface area contributed by atoms with Gasteiger partial charge < -0.3 is 4.55 Å². The highest BCUT2D eigenvalue weighted by Gasteiger charge is 2.26. The quantitative estimate of drug-likeness (QED) is 0.163. The van der Waals surface area contributed by atoms with Crippen molar-refractivity contribution in [2.75, 3.05) is 20.3 Å². The molecule has 0 fully saturated rings. The SMILES string of the molecule is CCOP(=O)(OCC)O/N=C/c1cccc[n+]1C.COS(=O)(=O)[O-]. The van der Waals surface area contributed by atoms with Gasteiger partial charge in [0.2, 0.25) is 16.1 Å². The van der Waals surface area contributed by atoms with Gasteiger partial charge >= 0.3 is 7.82 Å². The van der Waals surface area contributed by atoms with Gasteiger partial charge in [-0.1, -0.05) is 5.16 Å². The van der Waals surface area contributed by atoms with Gasteiger partial charge in [0.05, 0.1) is 20.3 Å². The molecule has 0 N–H and O–H groups in total. The molecule has 1 aromatic heterocycles. The van der Waals surface area contributed by atoms with Gasteiger partial charge in [-0.3, -0.25) is 17.9 Å². The predicted octanol–water partition coefficient (Wildman–Crippen LogP) is 1.14. The highest BCUT2D eigenvalue weighted by Crippen LogP contribution is 2.49. The van der Waals surface area contributed by atoms with Crippen LogP contribution in [0.25, 0.3) is 0 Å². The van der Waals surface area contributed by atoms with E-state index in [2.05, 4.69) is 9.34 Å². The van der Waals surface area contributed by atoms with Crippen LogP contribution in [0.4, 0.5) is 0 Å². The van der Waals surface area contributed by atoms with Crippen LogP contribution in [-0.2, 0) is 39.9 Å². The average Bonchev–Trinajstić information content (AvgIpc) is 2.49. The first-order chi connectivity index (χ1) is 11.2. The van der Waals surface area contributed by atoms with Crippen molar-refractivity contribution in [2.45, 2.75) is 13.8 Å². The smallest absolute Gasteiger partial charge is 0.550 e. The summed E-state index contributed by atoms with van der Waals surface area (Å²) in [6, 6.07) is 5.61. The number of hydrogen-bond acceptors (Lipinski definition) is 9. The van der Waals surface area contributed by atoms with E-state index in [1.165, 1.54) is 6.21 Å². The minimum atomic E-state index is -4.41. The maximum atomic E-state index is 11.9. The van der Waals surface area contributed by atoms with E-state index in [0.29, 0.717) is 0 Å². The topological polar surface area (TPSA) is 127 Å². The van der Waals surface area contributed by atoms with Crippen LogP contribution in [0, 0.1) is 0 Å². The zero-order chi connectivity index (χ0) is 18.6. The molecule has 12 heteroatoms. The van der Waals surface area contributed by atoms with E-state index in [9.17, 15) is 17.5 Å². The van der Waals surface area contributed by atoms with Crippen molar-refractivity contribution in [1.82, 2.24) is 0 Å². The number of oxime groups is 1. The number of aromatic nitrogens is 1. The number of pyridine rings is 1. The molecule has 0 saturated carbocycles. The van der Waals surface area contributed by atoms with Crippen molar-refractivity contribution in [2.24, 2.45) is 12.2 Å². The third-order valence-electron chi connectivity index (χ3n) is 2.21. The number of phosphoric acid groups is 1. The Kier molecular flexibility index (Phi) is 10.6. The summed E-state index contributed by atoms with van der Waals surface area (Å²) in [6.07, 6.45) is 3.32. The normalized spacial score (nSPS) is 11.9. The first-order valence-corrected chi connectivity index (χ1v) is 9.54. The molecule has 0 spiro atoms. The zero-order valence-electron chi connectivity index (χ0n) is 13.8. The first-order valence-electron chi connectivity index (χ1n) is 6.74. The van der Waals surface area contributed by atoms with Crippen molar-refractivity contribution >= 4 is 24.4 Å². The van der Waals surface area contributed by atoms with Crippen molar-refractivity contribution < 1.29 is 40.0 Å². The van der Waals surface area contributed by atoms with Crippen LogP contribution in [0.2, 0.25) is 0 Å². The maximum absolute atomic E-state index is 11.9. The van der Waals surface area contributed by atoms with Crippen molar-refractivity contribution in [3.05, 3.63) is 30.1 Å². The molecule has 0 atom stereocenters. The molecule has 1 aromatic rings. The van der Waals surface area contributed by atoms with Gasteiger partial charge in [-0.05, 0) is 19.9 Å². The number of nitrogens with zero attached hydrogens (tertiary/aromatic N) is 2. The van der Waals surface area contributed by atoms with E-state index >= 15 is 0 Å². The second-order valence-corrected chi connectivity index (χ2v) is 6.63. The minimum absolute atomic E-state index is 0.228. The van der Waals surface area contributed by atoms with Crippen LogP contribution in [0.15, 0.2) is 29.6 Å². The van der Waals surface area contributed by atoms with Gasteiger partial charge in [0.15, 0.2) is 6.20 Å². The Morgan fingerprint density at radius 1 is 1.29 bits per heavy atom. The van der Waals surface area contributed by atoms with Crippen LogP contribution < -0.4 is 4.57 Å². The molecule has 0 unspecified atom stereocenters. The van der Waals surface area contributed by atoms with Crippen LogP contribution in [0.5, 0.6) is 0 Å². The fourth-order valence-corrected chi connectivity index (χ4v) is 2.17. The molecule has 1 rings (SSSR count). The molecule has 0 amide bonds. The van der Waals surface area contributed by atoms with Gasteiger partial charge in [0.25, 0.3) is 0 Å². The van der Waals surface area contributed by atoms with Gasteiger partial charge in [0, 0.05) is 12.1 Å². The van der Waals surface area contributed by atoms with Crippen LogP contribution in [0.3, 0.4) is 0 Å². The fourth-order valence-electron chi connectivity index (χ4n) is 1.21. The summed E-state index contributed by atoms with van der Waals surface area (Å²) in [6.45, 7) is 3.86. The molecular formula is C12H21N2O8PS. The van der Waals surface area contributed by atoms with Crippen molar-refractivity contribution in [1.29, 1.82) is 0 Å². The van der Waals surface area contributed by atoms with E-state index in [4.69, 9.17) is 13.7 Å². The standard InChI is InChI=1S/C11H18N2O4P.CH4O4S/c1-4-15-18(14,16-5-2)17-12-10-11-8-6-7-9-13(11)3;1-5-6(2,3)4/h6-10H,4-5H2,1-3H3;1H3,(H,2,3,4)/q+1;/p-1/b12-10+;. The van der Waals surface area contributed by atoms with Crippen LogP contribution in [0.1, 0.15) is 19.5 Å². The van der Waals surface area contributed by atoms with E-state index in [-0.39, 0.29) is 13.2 Å². The largest absolute Gasteiger partial charge is 0.726 e. The third-order valence-corrected chi connectivity index (χ3v) is 4.06. The fraction of sp³-hybridized carbons (Fsp3) is 0.500. The summed E-state index contributed by atoms with van der Waals surface area (Å²) in [5.41, 5.74) is 0.803. The summed E-state index contributed by atoms with van der Waals surface area (Å²) >= 11 is 0. The number of rotatable bonds is 8. The number of hydrogen-bond donors (Lipinski definition) is 0. The predicted molar refractivity (Wildman–Crippen MR) is 83.9 cm³/mol. The highest BCUT2D eigenvalue weighted by molar-refractivity contribution is 7.80. The van der Waals surface area contributed by atoms with Gasteiger partial charge in [-0.25, -0.2) is 17.5 Å². The monoisotopic (exact) mass is 384 g/mol. The third kappa shape index (κ3) is 10.4. The van der Waals surface area contributed by atoms with Crippen LogP contribution in [-0.4, -0.2) is 39.5 Å². The van der Waals surface area contributed by atoms with Crippen molar-refractivity contribution in [3.8, 4) is 0 Å². The lowest BCUT2D eigenvalue weighted by Gasteiger charge is -2.12. The molecule has 1 heterocycles. The average molecular weight is 384 g/mol. The Bertz CT molecular complexity index is 655. The van der Waals surface area contributed by atoms with E-state index in [1.54, 1.807) is 13.8 Å². The second-order valence-electron chi connectivity index (χ2n) is 3.91. The summed E-state index contributed by atoms with van der Waals surface area (Å²) in [5.74, 6) is 0. The molecule has 0 radical (unpaired) electrons. The van der Waals surface area contributed by atoms with E-state index in [1.807, 2.05) is 36.0 Å². The lowest BCUT2D eigenvalue weighted by Crippen LogP contribution is -2.32. The Balaban J connectivity index is 0.000000754. The Morgan fingerprint density at radius 2 is 1.83 bits per heavy atom. The Labute approximate surface area is 141 Å². The lowest BCUT2D eigenvalue weighted by molar-refractivity contribution is -0.672. The minimum Gasteiger partial charge on any atom is -0.726 e. The molecule has 0 saturated heterocycles. The second kappa shape index (κ2) is 11.2. The maximum Gasteiger partial charge on any atom is 0.550 e. The van der Waals surface area contributed by atoms with Crippen LogP contribution >= 0.6 is 7.82 Å². The zero-order valence-corrected chi connectivity index (χ0v) is 15.5. The summed E-state index contributed by atoms with van der Waals surface area (Å²) in [5, 5.41) is 3.65. The highest BCUT2D eigenvalue weighted by atomic mass is 32.3. The van der Waals surface area contributed by atoms with Crippen molar-refractivity contribution in [3.63, 3.8) is 0 Å². The molecule has 138 valence electrons. The molecule has 0 aliphatic carbocycles. The first kappa shape index (κ1) is 22.6. The molecule has 10 nitrogen and oxygen atoms in total. The molecular weight excluding hydrogens is 363 g/mol. The van der Waals surface area contributed by atoms with Gasteiger partial charge in [0.1, 0.15) is 13.3 Å². The molecule has 0 aliphatic heterocycles. The summed E-state index contributed by atoms with van der Waals surface area (Å²) < 4.78 is 59.5. The summed E-state index contributed by atoms with van der Waals surface area (Å²) in [4.78, 5) is 0. The Hall–Kier alpha value is -1.36. The summed E-state index contributed by atoms with van der Waals surface area (Å²) in [7, 11) is -5.32. The number of aryl methyl sites for hydroxylation is 1. The Morgan fingerprint density at radius 3 is 2.25 bits per heavy atom. The molecule has 0 aromatic carbocycles. The molecule has 0 aliphatic rings. The molecule has 0 bridgehead atoms. The van der Waals surface area contributed by atoms with E-state index < -0.39 is 18.2 Å². The number of phosphoric ester groups is 1. The lowest BCUT2D eigenvalue weighted by atomic mass is 10.4. The van der Waals surface area contributed by atoms with Gasteiger partial charge in [-0.2, -0.15) is 0 Å². The molecule has 24 heavy (non-hydrogen) atoms. The van der Waals surface area contributed by atoms with Gasteiger partial charge in [-0.15, -0.1) is 0 Å². The van der Waals surface area contributed by atoms with E-state index in [0.717, 1.165) is 12.8 Å².